The Balaban J connectivity index is 2.07. The summed E-state index contributed by atoms with van der Waals surface area (Å²) in [5, 5.41) is 11.3. The van der Waals surface area contributed by atoms with Gasteiger partial charge in [0.1, 0.15) is 5.82 Å². The zero-order valence-corrected chi connectivity index (χ0v) is 20.7. The van der Waals surface area contributed by atoms with Gasteiger partial charge in [-0.15, -0.1) is 0 Å². The van der Waals surface area contributed by atoms with E-state index in [0.717, 1.165) is 19.1 Å². The average Bonchev–Trinajstić information content (AvgIpc) is 2.83. The van der Waals surface area contributed by atoms with Crippen LogP contribution >= 0.6 is 0 Å². The lowest BCUT2D eigenvalue weighted by atomic mass is 10.00. The van der Waals surface area contributed by atoms with E-state index in [1.807, 2.05) is 0 Å². The number of aliphatic imine (C=N–C) groups is 1. The van der Waals surface area contributed by atoms with Crippen LogP contribution in [0.5, 0.6) is 0 Å². The first-order valence-corrected chi connectivity index (χ1v) is 11.5. The Kier molecular flexibility index (Phi) is 10.8. The van der Waals surface area contributed by atoms with Crippen LogP contribution in [0.25, 0.3) is 0 Å². The van der Waals surface area contributed by atoms with E-state index in [1.165, 1.54) is 4.90 Å². The summed E-state index contributed by atoms with van der Waals surface area (Å²) in [5.41, 5.74) is -0.174. The van der Waals surface area contributed by atoms with Gasteiger partial charge < -0.3 is 25.0 Å². The fraction of sp³-hybridized carbons (Fsp3) is 0.565. The summed E-state index contributed by atoms with van der Waals surface area (Å²) < 4.78 is 85.4. The molecule has 1 heterocycles. The second-order valence-corrected chi connectivity index (χ2v) is 8.59. The second kappa shape index (κ2) is 13.3. The number of nitrogens with zero attached hydrogens (tertiary/aromatic N) is 3. The molecule has 1 fully saturated rings. The average molecular weight is 554 g/mol. The largest absolute Gasteiger partial charge is 0.469 e. The molecule has 0 aromatic heterocycles. The van der Waals surface area contributed by atoms with Crippen LogP contribution in [0.3, 0.4) is 0 Å². The van der Waals surface area contributed by atoms with Crippen LogP contribution in [0.15, 0.2) is 17.1 Å². The van der Waals surface area contributed by atoms with Crippen molar-refractivity contribution in [3.05, 3.63) is 35.1 Å². The molecule has 2 rings (SSSR count). The number of piperazine rings is 1. The highest BCUT2D eigenvalue weighted by atomic mass is 19.4. The topological polar surface area (TPSA) is 112 Å². The maximum Gasteiger partial charge on any atom is 0.449 e. The van der Waals surface area contributed by atoms with Gasteiger partial charge in [0.25, 0.3) is 0 Å². The van der Waals surface area contributed by atoms with Crippen LogP contribution in [0, 0.1) is 17.5 Å². The third-order valence-electron chi connectivity index (χ3n) is 6.09. The maximum atomic E-state index is 13.9. The smallest absolute Gasteiger partial charge is 0.449 e. The number of hydrogen-bond acceptors (Lipinski definition) is 5. The van der Waals surface area contributed by atoms with Gasteiger partial charge in [-0.25, -0.2) is 18.0 Å². The number of carboxylic acid groups (broad SMARTS) is 1. The summed E-state index contributed by atoms with van der Waals surface area (Å²) in [6.07, 6.45) is -7.09. The van der Waals surface area contributed by atoms with Crippen LogP contribution in [-0.4, -0.2) is 90.8 Å². The molecule has 1 aromatic carbocycles. The fourth-order valence-corrected chi connectivity index (χ4v) is 4.23. The molecule has 0 aliphatic carbocycles. The highest BCUT2D eigenvalue weighted by Crippen LogP contribution is 2.25. The quantitative estimate of drug-likeness (QED) is 0.160. The van der Waals surface area contributed by atoms with E-state index >= 15 is 0 Å². The van der Waals surface area contributed by atoms with Crippen molar-refractivity contribution in [1.82, 2.24) is 15.1 Å². The van der Waals surface area contributed by atoms with E-state index in [1.54, 1.807) is 0 Å². The number of amides is 2. The van der Waals surface area contributed by atoms with Crippen molar-refractivity contribution in [2.75, 3.05) is 33.8 Å². The number of carbonyl (C=O) groups excluding carboxylic acids is 2. The molecule has 15 heteroatoms. The van der Waals surface area contributed by atoms with E-state index in [9.17, 15) is 40.7 Å². The highest BCUT2D eigenvalue weighted by Gasteiger charge is 2.44. The number of hydrogen-bond donors (Lipinski definition) is 2. The number of aryl methyl sites for hydroxylation is 1. The van der Waals surface area contributed by atoms with Crippen LogP contribution in [0.2, 0.25) is 0 Å². The molecule has 2 N–H and O–H groups in total. The van der Waals surface area contributed by atoms with Crippen LogP contribution in [0.1, 0.15) is 31.2 Å². The Bertz CT molecular complexity index is 1050. The summed E-state index contributed by atoms with van der Waals surface area (Å²) in [5.74, 6) is -6.09. The van der Waals surface area contributed by atoms with Gasteiger partial charge in [-0.2, -0.15) is 13.2 Å². The Morgan fingerprint density at radius 3 is 2.37 bits per heavy atom. The van der Waals surface area contributed by atoms with Crippen molar-refractivity contribution in [3.63, 3.8) is 0 Å². The van der Waals surface area contributed by atoms with E-state index in [4.69, 9.17) is 5.11 Å². The SMILES string of the molecule is CN=C(N1CCN(C(=O)CCC(CCc2cc(F)c(F)cc2F)NC(=O)O)CC1CC(=O)OC)C(F)(F)F. The third-order valence-corrected chi connectivity index (χ3v) is 6.09. The number of alkyl halides is 3. The first kappa shape index (κ1) is 30.7. The summed E-state index contributed by atoms with van der Waals surface area (Å²) in [7, 11) is 2.05. The zero-order chi connectivity index (χ0) is 28.6. The van der Waals surface area contributed by atoms with Gasteiger partial charge in [0.15, 0.2) is 11.6 Å². The monoisotopic (exact) mass is 554 g/mol. The fourth-order valence-electron chi connectivity index (χ4n) is 4.23. The normalized spacial score (nSPS) is 17.3. The van der Waals surface area contributed by atoms with Gasteiger partial charge in [-0.05, 0) is 30.9 Å². The lowest BCUT2D eigenvalue weighted by Crippen LogP contribution is -2.59. The molecule has 38 heavy (non-hydrogen) atoms. The highest BCUT2D eigenvalue weighted by molar-refractivity contribution is 5.88. The Hall–Kier alpha value is -3.52. The molecule has 1 aliphatic rings. The predicted octanol–water partition coefficient (Wildman–Crippen LogP) is 3.12. The number of ether oxygens (including phenoxy) is 1. The van der Waals surface area contributed by atoms with Crippen LogP contribution in [0.4, 0.5) is 31.1 Å². The lowest BCUT2D eigenvalue weighted by Gasteiger charge is -2.43. The Labute approximate surface area is 214 Å². The van der Waals surface area contributed by atoms with Gasteiger partial charge in [-0.1, -0.05) is 0 Å². The number of rotatable bonds is 9. The molecule has 2 atom stereocenters. The molecule has 212 valence electrons. The molecule has 2 amide bonds. The van der Waals surface area contributed by atoms with E-state index in [2.05, 4.69) is 15.0 Å². The Morgan fingerprint density at radius 1 is 1.13 bits per heavy atom. The first-order valence-electron chi connectivity index (χ1n) is 11.5. The molecule has 9 nitrogen and oxygen atoms in total. The van der Waals surface area contributed by atoms with Crippen LogP contribution < -0.4 is 5.32 Å². The minimum atomic E-state index is -4.78. The standard InChI is InChI=1S/C23H28F6N4O5/c1-30-21(23(27,28)29)33-8-7-32(12-15(33)10-20(35)38-2)19(34)6-5-14(31-22(36)37)4-3-13-9-17(25)18(26)11-16(13)24/h9,11,14-15,31H,3-8,10,12H2,1-2H3,(H,36,37). The Morgan fingerprint density at radius 2 is 1.79 bits per heavy atom. The first-order chi connectivity index (χ1) is 17.8. The summed E-state index contributed by atoms with van der Waals surface area (Å²) >= 11 is 0. The minimum absolute atomic E-state index is 0.0395. The molecule has 0 radical (unpaired) electrons. The number of nitrogens with one attached hydrogen (secondary N) is 1. The lowest BCUT2D eigenvalue weighted by molar-refractivity contribution is -0.144. The number of carbonyl (C=O) groups is 3. The van der Waals surface area contributed by atoms with E-state index in [0.29, 0.717) is 12.1 Å². The van der Waals surface area contributed by atoms with Crippen molar-refractivity contribution in [2.24, 2.45) is 4.99 Å². The van der Waals surface area contributed by atoms with Gasteiger partial charge >= 0.3 is 18.2 Å². The van der Waals surface area contributed by atoms with Crippen molar-refractivity contribution in [2.45, 2.75) is 50.4 Å². The van der Waals surface area contributed by atoms with E-state index in [-0.39, 0.29) is 50.9 Å². The molecule has 0 saturated carbocycles. The molecule has 1 saturated heterocycles. The molecule has 1 aliphatic heterocycles. The zero-order valence-electron chi connectivity index (χ0n) is 20.7. The maximum absolute atomic E-state index is 13.9. The molecule has 1 aromatic rings. The van der Waals surface area contributed by atoms with E-state index < -0.39 is 65.9 Å². The number of halogens is 6. The van der Waals surface area contributed by atoms with Gasteiger partial charge in [0.2, 0.25) is 11.7 Å². The second-order valence-electron chi connectivity index (χ2n) is 8.59. The molecule has 0 spiro atoms. The van der Waals surface area contributed by atoms with Gasteiger partial charge in [0, 0.05) is 45.2 Å². The van der Waals surface area contributed by atoms with Gasteiger partial charge in [0.05, 0.1) is 19.6 Å². The number of benzene rings is 1. The molecular formula is C23H28F6N4O5. The summed E-state index contributed by atoms with van der Waals surface area (Å²) in [4.78, 5) is 41.3. The molecular weight excluding hydrogens is 526 g/mol. The number of methoxy groups -OCH3 is 1. The van der Waals surface area contributed by atoms with Crippen molar-refractivity contribution < 1.29 is 50.6 Å². The number of amidine groups is 1. The summed E-state index contributed by atoms with van der Waals surface area (Å²) in [6, 6.07) is -0.875. The predicted molar refractivity (Wildman–Crippen MR) is 122 cm³/mol. The molecule has 0 bridgehead atoms. The van der Waals surface area contributed by atoms with Gasteiger partial charge in [-0.3, -0.25) is 14.6 Å². The van der Waals surface area contributed by atoms with Crippen molar-refractivity contribution in [1.29, 1.82) is 0 Å². The minimum Gasteiger partial charge on any atom is -0.469 e. The van der Waals surface area contributed by atoms with Crippen LogP contribution in [-0.2, 0) is 20.7 Å². The van der Waals surface area contributed by atoms with Crippen molar-refractivity contribution in [3.8, 4) is 0 Å². The third kappa shape index (κ3) is 8.52. The number of esters is 1. The summed E-state index contributed by atoms with van der Waals surface area (Å²) in [6.45, 7) is -0.603. The van der Waals surface area contributed by atoms with Crippen molar-refractivity contribution >= 4 is 23.8 Å². The molecule has 2 unspecified atom stereocenters.